The van der Waals surface area contributed by atoms with Crippen LogP contribution in [0.3, 0.4) is 0 Å². The van der Waals surface area contributed by atoms with Crippen LogP contribution >= 0.6 is 0 Å². The largest absolute Gasteiger partial charge is 0.344 e. The minimum atomic E-state index is -0.590. The zero-order chi connectivity index (χ0) is 16.1. The van der Waals surface area contributed by atoms with E-state index in [9.17, 15) is 9.59 Å². The Labute approximate surface area is 128 Å². The van der Waals surface area contributed by atoms with Gasteiger partial charge in [0, 0.05) is 6.92 Å². The van der Waals surface area contributed by atoms with Gasteiger partial charge >= 0.3 is 0 Å². The third kappa shape index (κ3) is 3.87. The second-order valence-electron chi connectivity index (χ2n) is 5.16. The van der Waals surface area contributed by atoms with Gasteiger partial charge in [-0.2, -0.15) is 5.10 Å². The van der Waals surface area contributed by atoms with Crippen LogP contribution in [0, 0.1) is 5.92 Å². The average molecular weight is 302 g/mol. The van der Waals surface area contributed by atoms with Crippen LogP contribution in [0.2, 0.25) is 0 Å². The summed E-state index contributed by atoms with van der Waals surface area (Å²) < 4.78 is 1.51. The number of nitrogens with one attached hydrogen (secondary N) is 2. The van der Waals surface area contributed by atoms with Crippen molar-refractivity contribution in [3.63, 3.8) is 0 Å². The third-order valence-corrected chi connectivity index (χ3v) is 2.98. The van der Waals surface area contributed by atoms with Crippen molar-refractivity contribution in [3.05, 3.63) is 31.0 Å². The van der Waals surface area contributed by atoms with Crippen molar-refractivity contribution < 1.29 is 9.59 Å². The molecule has 2 rings (SSSR count). The van der Waals surface area contributed by atoms with Crippen LogP contribution < -0.4 is 10.6 Å². The van der Waals surface area contributed by atoms with Gasteiger partial charge in [-0.05, 0) is 18.1 Å². The first kappa shape index (κ1) is 15.6. The highest BCUT2D eigenvalue weighted by molar-refractivity contribution is 5.97. The van der Waals surface area contributed by atoms with Crippen molar-refractivity contribution in [2.45, 2.75) is 26.8 Å². The van der Waals surface area contributed by atoms with Crippen molar-refractivity contribution in [2.75, 3.05) is 5.32 Å². The van der Waals surface area contributed by atoms with Gasteiger partial charge in [0.25, 0.3) is 0 Å². The summed E-state index contributed by atoms with van der Waals surface area (Å²) in [5.41, 5.74) is 0.546. The van der Waals surface area contributed by atoms with Crippen LogP contribution in [-0.4, -0.2) is 37.6 Å². The van der Waals surface area contributed by atoms with Crippen LogP contribution in [0.25, 0.3) is 5.82 Å². The molecule has 0 aromatic carbocycles. The monoisotopic (exact) mass is 302 g/mol. The van der Waals surface area contributed by atoms with Gasteiger partial charge in [0.2, 0.25) is 11.8 Å². The van der Waals surface area contributed by atoms with Crippen molar-refractivity contribution in [1.82, 2.24) is 25.1 Å². The van der Waals surface area contributed by atoms with Gasteiger partial charge in [-0.1, -0.05) is 13.8 Å². The lowest BCUT2D eigenvalue weighted by molar-refractivity contribution is -0.126. The summed E-state index contributed by atoms with van der Waals surface area (Å²) in [5.74, 6) is 0.0538. The van der Waals surface area contributed by atoms with E-state index in [0.29, 0.717) is 11.5 Å². The number of hydrogen-bond donors (Lipinski definition) is 2. The maximum absolute atomic E-state index is 12.2. The maximum atomic E-state index is 12.2. The van der Waals surface area contributed by atoms with Crippen molar-refractivity contribution in [1.29, 1.82) is 0 Å². The number of amides is 2. The first-order chi connectivity index (χ1) is 10.5. The molecule has 2 amide bonds. The molecule has 0 aliphatic rings. The van der Waals surface area contributed by atoms with E-state index in [2.05, 4.69) is 25.7 Å². The molecule has 0 spiro atoms. The normalized spacial score (nSPS) is 12.0. The number of nitrogens with zero attached hydrogens (tertiary/aromatic N) is 4. The van der Waals surface area contributed by atoms with E-state index in [4.69, 9.17) is 0 Å². The summed E-state index contributed by atoms with van der Waals surface area (Å²) in [7, 11) is 0. The van der Waals surface area contributed by atoms with E-state index in [1.165, 1.54) is 30.5 Å². The van der Waals surface area contributed by atoms with Gasteiger partial charge in [-0.25, -0.2) is 14.6 Å². The minimum Gasteiger partial charge on any atom is -0.344 e. The molecule has 2 heterocycles. The molecule has 0 aliphatic carbocycles. The SMILES string of the molecule is CC(=O)NC(C(=O)Nc1ccc(-n2cncn2)nc1)C(C)C. The first-order valence-electron chi connectivity index (χ1n) is 6.86. The molecule has 0 radical (unpaired) electrons. The Morgan fingerprint density at radius 3 is 2.55 bits per heavy atom. The van der Waals surface area contributed by atoms with E-state index in [-0.39, 0.29) is 17.7 Å². The van der Waals surface area contributed by atoms with E-state index < -0.39 is 6.04 Å². The summed E-state index contributed by atoms with van der Waals surface area (Å²) >= 11 is 0. The van der Waals surface area contributed by atoms with E-state index in [0.717, 1.165) is 0 Å². The number of carbonyl (C=O) groups excluding carboxylic acids is 2. The number of pyridine rings is 1. The van der Waals surface area contributed by atoms with Gasteiger partial charge in [-0.15, -0.1) is 0 Å². The topological polar surface area (TPSA) is 102 Å². The average Bonchev–Trinajstić information content (AvgIpc) is 2.99. The summed E-state index contributed by atoms with van der Waals surface area (Å²) in [6, 6.07) is 2.84. The Morgan fingerprint density at radius 2 is 2.05 bits per heavy atom. The predicted molar refractivity (Wildman–Crippen MR) is 80.2 cm³/mol. The smallest absolute Gasteiger partial charge is 0.247 e. The molecule has 8 heteroatoms. The highest BCUT2D eigenvalue weighted by Gasteiger charge is 2.23. The molecular weight excluding hydrogens is 284 g/mol. The van der Waals surface area contributed by atoms with Gasteiger partial charge in [0.1, 0.15) is 18.7 Å². The molecule has 0 aliphatic heterocycles. The lowest BCUT2D eigenvalue weighted by Gasteiger charge is -2.20. The fourth-order valence-corrected chi connectivity index (χ4v) is 1.90. The van der Waals surface area contributed by atoms with E-state index in [1.54, 1.807) is 12.1 Å². The molecule has 8 nitrogen and oxygen atoms in total. The van der Waals surface area contributed by atoms with Crippen molar-refractivity contribution in [3.8, 4) is 5.82 Å². The minimum absolute atomic E-state index is 0.0220. The number of rotatable bonds is 5. The number of hydrogen-bond acceptors (Lipinski definition) is 5. The maximum Gasteiger partial charge on any atom is 0.247 e. The van der Waals surface area contributed by atoms with Crippen molar-refractivity contribution >= 4 is 17.5 Å². The summed E-state index contributed by atoms with van der Waals surface area (Å²) in [6.45, 7) is 5.12. The Hall–Kier alpha value is -2.77. The number of anilines is 1. The molecule has 2 N–H and O–H groups in total. The van der Waals surface area contributed by atoms with Gasteiger partial charge in [0.15, 0.2) is 5.82 Å². The molecule has 0 saturated heterocycles. The van der Waals surface area contributed by atoms with Crippen LogP contribution in [0.4, 0.5) is 5.69 Å². The number of carbonyl (C=O) groups is 2. The molecule has 2 aromatic heterocycles. The fraction of sp³-hybridized carbons (Fsp3) is 0.357. The van der Waals surface area contributed by atoms with Crippen LogP contribution in [0.15, 0.2) is 31.0 Å². The predicted octanol–water partition coefficient (Wildman–Crippen LogP) is 0.761. The molecule has 116 valence electrons. The Bertz CT molecular complexity index is 636. The second-order valence-corrected chi connectivity index (χ2v) is 5.16. The summed E-state index contributed by atoms with van der Waals surface area (Å²) in [6.07, 6.45) is 4.48. The van der Waals surface area contributed by atoms with E-state index >= 15 is 0 Å². The molecule has 1 unspecified atom stereocenters. The molecule has 0 bridgehead atoms. The first-order valence-corrected chi connectivity index (χ1v) is 6.86. The molecule has 0 fully saturated rings. The molecular formula is C14H18N6O2. The zero-order valence-electron chi connectivity index (χ0n) is 12.6. The highest BCUT2D eigenvalue weighted by Crippen LogP contribution is 2.11. The number of aromatic nitrogens is 4. The Kier molecular flexibility index (Phi) is 4.82. The van der Waals surface area contributed by atoms with Crippen molar-refractivity contribution in [2.24, 2.45) is 5.92 Å². The fourth-order valence-electron chi connectivity index (χ4n) is 1.90. The second kappa shape index (κ2) is 6.79. The Morgan fingerprint density at radius 1 is 1.27 bits per heavy atom. The van der Waals surface area contributed by atoms with Crippen LogP contribution in [-0.2, 0) is 9.59 Å². The standard InChI is InChI=1S/C14H18N6O2/c1-9(2)13(18-10(3)21)14(22)19-11-4-5-12(16-6-11)20-8-15-7-17-20/h4-9,13H,1-3H3,(H,18,21)(H,19,22). The van der Waals surface area contributed by atoms with E-state index in [1.807, 2.05) is 13.8 Å². The lowest BCUT2D eigenvalue weighted by atomic mass is 10.0. The summed E-state index contributed by atoms with van der Waals surface area (Å²) in [4.78, 5) is 31.4. The van der Waals surface area contributed by atoms with Crippen LogP contribution in [0.1, 0.15) is 20.8 Å². The molecule has 2 aromatic rings. The zero-order valence-corrected chi connectivity index (χ0v) is 12.6. The quantitative estimate of drug-likeness (QED) is 0.849. The third-order valence-electron chi connectivity index (χ3n) is 2.98. The Balaban J connectivity index is 2.06. The van der Waals surface area contributed by atoms with Gasteiger partial charge < -0.3 is 10.6 Å². The van der Waals surface area contributed by atoms with Crippen LogP contribution in [0.5, 0.6) is 0 Å². The highest BCUT2D eigenvalue weighted by atomic mass is 16.2. The molecule has 22 heavy (non-hydrogen) atoms. The molecule has 1 atom stereocenters. The van der Waals surface area contributed by atoms with Gasteiger partial charge in [-0.3, -0.25) is 9.59 Å². The lowest BCUT2D eigenvalue weighted by Crippen LogP contribution is -2.46. The summed E-state index contributed by atoms with van der Waals surface area (Å²) in [5, 5.41) is 9.35. The molecule has 0 saturated carbocycles. The van der Waals surface area contributed by atoms with Gasteiger partial charge in [0.05, 0.1) is 11.9 Å².